The van der Waals surface area contributed by atoms with Crippen LogP contribution in [0.25, 0.3) is 0 Å². The molecule has 0 fully saturated rings. The third kappa shape index (κ3) is 4.00. The van der Waals surface area contributed by atoms with E-state index < -0.39 is 5.54 Å². The Morgan fingerprint density at radius 3 is 2.54 bits per heavy atom. The molecule has 0 spiro atoms. The smallest absolute Gasteiger partial charge is 0.326 e. The Kier molecular flexibility index (Phi) is 6.16. The van der Waals surface area contributed by atoms with Crippen LogP contribution in [0, 0.1) is 0 Å². The van der Waals surface area contributed by atoms with E-state index >= 15 is 0 Å². The second-order valence-corrected chi connectivity index (χ2v) is 4.21. The topological polar surface area (TPSA) is 38.3 Å². The summed E-state index contributed by atoms with van der Waals surface area (Å²) in [5, 5.41) is 3.00. The van der Waals surface area contributed by atoms with Crippen LogP contribution in [0.15, 0.2) is 0 Å². The summed E-state index contributed by atoms with van der Waals surface area (Å²) < 4.78 is 4.98. The van der Waals surface area contributed by atoms with Gasteiger partial charge in [-0.3, -0.25) is 4.79 Å². The first-order chi connectivity index (χ1) is 6.10. The number of hydrogen-bond donors (Lipinski definition) is 1. The largest absolute Gasteiger partial charge is 0.465 e. The molecule has 0 amide bonds. The Hall–Kier alpha value is -0.220. The summed E-state index contributed by atoms with van der Waals surface area (Å²) in [6.07, 6.45) is 0. The van der Waals surface area contributed by atoms with Crippen molar-refractivity contribution >= 4 is 17.7 Å². The number of esters is 1. The van der Waals surface area contributed by atoms with Crippen molar-refractivity contribution < 1.29 is 9.53 Å². The van der Waals surface area contributed by atoms with E-state index in [9.17, 15) is 4.79 Å². The fourth-order valence-electron chi connectivity index (χ4n) is 0.830. The molecule has 13 heavy (non-hydrogen) atoms. The van der Waals surface area contributed by atoms with E-state index in [1.165, 1.54) is 0 Å². The summed E-state index contributed by atoms with van der Waals surface area (Å²) in [5.74, 6) is 1.59. The molecule has 0 rings (SSSR count). The van der Waals surface area contributed by atoms with Crippen molar-refractivity contribution in [3.8, 4) is 0 Å². The lowest BCUT2D eigenvalue weighted by Crippen LogP contribution is -2.50. The van der Waals surface area contributed by atoms with Gasteiger partial charge in [0.25, 0.3) is 0 Å². The average molecular weight is 205 g/mol. The molecule has 1 atom stereocenters. The predicted molar refractivity (Wildman–Crippen MR) is 57.1 cm³/mol. The number of thioether (sulfide) groups is 1. The van der Waals surface area contributed by atoms with Crippen LogP contribution in [0.5, 0.6) is 0 Å². The predicted octanol–water partition coefficient (Wildman–Crippen LogP) is 1.28. The summed E-state index contributed by atoms with van der Waals surface area (Å²) in [6, 6.07) is 0. The van der Waals surface area contributed by atoms with Crippen molar-refractivity contribution in [2.24, 2.45) is 0 Å². The van der Waals surface area contributed by atoms with Gasteiger partial charge >= 0.3 is 5.97 Å². The quantitative estimate of drug-likeness (QED) is 0.663. The lowest BCUT2D eigenvalue weighted by molar-refractivity contribution is -0.149. The maximum atomic E-state index is 11.5. The zero-order valence-corrected chi connectivity index (χ0v) is 9.66. The molecule has 0 heterocycles. The monoisotopic (exact) mass is 205 g/mol. The summed E-state index contributed by atoms with van der Waals surface area (Å²) >= 11 is 1.73. The third-order valence-electron chi connectivity index (χ3n) is 1.87. The normalized spacial score (nSPS) is 15.1. The van der Waals surface area contributed by atoms with Crippen molar-refractivity contribution in [2.45, 2.75) is 26.3 Å². The molecule has 0 aliphatic rings. The van der Waals surface area contributed by atoms with Crippen molar-refractivity contribution in [3.05, 3.63) is 0 Å². The van der Waals surface area contributed by atoms with Gasteiger partial charge in [-0.15, -0.1) is 0 Å². The molecule has 0 aromatic heterocycles. The van der Waals surface area contributed by atoms with Crippen LogP contribution in [0.2, 0.25) is 0 Å². The molecular weight excluding hydrogens is 186 g/mol. The molecule has 0 aromatic carbocycles. The molecule has 1 unspecified atom stereocenters. The molecule has 0 bridgehead atoms. The van der Waals surface area contributed by atoms with Gasteiger partial charge in [-0.2, -0.15) is 11.8 Å². The lowest BCUT2D eigenvalue weighted by Gasteiger charge is -2.25. The van der Waals surface area contributed by atoms with Crippen molar-refractivity contribution in [1.82, 2.24) is 5.32 Å². The van der Waals surface area contributed by atoms with E-state index in [2.05, 4.69) is 12.2 Å². The Bertz CT molecular complexity index is 164. The molecule has 1 N–H and O–H groups in total. The van der Waals surface area contributed by atoms with Crippen LogP contribution in [0.1, 0.15) is 20.8 Å². The highest BCUT2D eigenvalue weighted by molar-refractivity contribution is 7.99. The minimum Gasteiger partial charge on any atom is -0.465 e. The van der Waals surface area contributed by atoms with Crippen LogP contribution in [0.4, 0.5) is 0 Å². The standard InChI is InChI=1S/C9H19NO2S/c1-5-12-8(11)9(3,10-4)7-13-6-2/h10H,5-7H2,1-4H3. The number of likely N-dealkylation sites (N-methyl/N-ethyl adjacent to an activating group) is 1. The summed E-state index contributed by atoms with van der Waals surface area (Å²) in [7, 11) is 1.78. The van der Waals surface area contributed by atoms with Crippen molar-refractivity contribution in [3.63, 3.8) is 0 Å². The molecule has 3 nitrogen and oxygen atoms in total. The zero-order chi connectivity index (χ0) is 10.3. The number of rotatable bonds is 6. The van der Waals surface area contributed by atoms with Gasteiger partial charge in [-0.25, -0.2) is 0 Å². The first kappa shape index (κ1) is 12.8. The molecule has 0 radical (unpaired) electrons. The minimum absolute atomic E-state index is 0.168. The second kappa shape index (κ2) is 6.27. The third-order valence-corrected chi connectivity index (χ3v) is 3.06. The summed E-state index contributed by atoms with van der Waals surface area (Å²) in [5.41, 5.74) is -0.545. The molecule has 0 saturated carbocycles. The molecule has 0 aromatic rings. The number of nitrogens with one attached hydrogen (secondary N) is 1. The van der Waals surface area contributed by atoms with Crippen molar-refractivity contribution in [1.29, 1.82) is 0 Å². The SMILES string of the molecule is CCOC(=O)C(C)(CSCC)NC. The fraction of sp³-hybridized carbons (Fsp3) is 0.889. The maximum Gasteiger partial charge on any atom is 0.326 e. The average Bonchev–Trinajstić information content (AvgIpc) is 2.14. The van der Waals surface area contributed by atoms with Gasteiger partial charge in [0, 0.05) is 5.75 Å². The number of hydrogen-bond acceptors (Lipinski definition) is 4. The van der Waals surface area contributed by atoms with E-state index in [0.717, 1.165) is 11.5 Å². The molecule has 78 valence electrons. The molecular formula is C9H19NO2S. The van der Waals surface area contributed by atoms with E-state index in [0.29, 0.717) is 6.61 Å². The fourth-order valence-corrected chi connectivity index (χ4v) is 1.70. The first-order valence-corrected chi connectivity index (χ1v) is 5.70. The van der Waals surface area contributed by atoms with E-state index in [1.54, 1.807) is 18.8 Å². The summed E-state index contributed by atoms with van der Waals surface area (Å²) in [6.45, 7) is 6.20. The summed E-state index contributed by atoms with van der Waals surface area (Å²) in [4.78, 5) is 11.5. The minimum atomic E-state index is -0.545. The van der Waals surface area contributed by atoms with E-state index in [4.69, 9.17) is 4.74 Å². The van der Waals surface area contributed by atoms with Crippen molar-refractivity contribution in [2.75, 3.05) is 25.2 Å². The molecule has 0 saturated heterocycles. The Balaban J connectivity index is 4.16. The lowest BCUT2D eigenvalue weighted by atomic mass is 10.1. The Labute approximate surface area is 84.6 Å². The maximum absolute atomic E-state index is 11.5. The van der Waals surface area contributed by atoms with Gasteiger partial charge in [0.15, 0.2) is 0 Å². The number of carbonyl (C=O) groups is 1. The Morgan fingerprint density at radius 1 is 1.54 bits per heavy atom. The molecule has 4 heteroatoms. The van der Waals surface area contributed by atoms with Crippen LogP contribution in [0.3, 0.4) is 0 Å². The van der Waals surface area contributed by atoms with E-state index in [-0.39, 0.29) is 5.97 Å². The Morgan fingerprint density at radius 2 is 2.15 bits per heavy atom. The van der Waals surface area contributed by atoms with Crippen LogP contribution in [-0.2, 0) is 9.53 Å². The van der Waals surface area contributed by atoms with Gasteiger partial charge in [-0.1, -0.05) is 6.92 Å². The number of carbonyl (C=O) groups excluding carboxylic acids is 1. The van der Waals surface area contributed by atoms with Crippen LogP contribution < -0.4 is 5.32 Å². The zero-order valence-electron chi connectivity index (χ0n) is 8.85. The molecule has 0 aliphatic heterocycles. The number of ether oxygens (including phenoxy) is 1. The van der Waals surface area contributed by atoms with Crippen LogP contribution in [-0.4, -0.2) is 36.7 Å². The van der Waals surface area contributed by atoms with Gasteiger partial charge in [0.1, 0.15) is 5.54 Å². The second-order valence-electron chi connectivity index (χ2n) is 2.94. The highest BCUT2D eigenvalue weighted by atomic mass is 32.2. The van der Waals surface area contributed by atoms with E-state index in [1.807, 2.05) is 13.8 Å². The highest BCUT2D eigenvalue weighted by Crippen LogP contribution is 2.14. The van der Waals surface area contributed by atoms with Gasteiger partial charge < -0.3 is 10.1 Å². The van der Waals surface area contributed by atoms with Gasteiger partial charge in [0.2, 0.25) is 0 Å². The van der Waals surface area contributed by atoms with Crippen LogP contribution >= 0.6 is 11.8 Å². The highest BCUT2D eigenvalue weighted by Gasteiger charge is 2.32. The van der Waals surface area contributed by atoms with Gasteiger partial charge in [0.05, 0.1) is 6.61 Å². The molecule has 0 aliphatic carbocycles. The van der Waals surface area contributed by atoms with Gasteiger partial charge in [-0.05, 0) is 26.6 Å². The first-order valence-electron chi connectivity index (χ1n) is 4.54.